The van der Waals surface area contributed by atoms with Crippen LogP contribution in [0.25, 0.3) is 0 Å². The molecule has 1 atom stereocenters. The Hall–Kier alpha value is -1.10. The van der Waals surface area contributed by atoms with Crippen molar-refractivity contribution in [1.29, 1.82) is 0 Å². The van der Waals surface area contributed by atoms with E-state index in [1.165, 1.54) is 0 Å². The first-order chi connectivity index (χ1) is 6.22. The molecule has 1 heterocycles. The SMILES string of the molecule is O=CCCN1CC[C@H](NC(=O)O)C1. The van der Waals surface area contributed by atoms with Crippen LogP contribution in [0.15, 0.2) is 0 Å². The number of rotatable bonds is 4. The van der Waals surface area contributed by atoms with Crippen molar-refractivity contribution in [2.75, 3.05) is 19.6 Å². The number of nitrogens with one attached hydrogen (secondary N) is 1. The third-order valence-electron chi connectivity index (χ3n) is 2.16. The number of hydrogen-bond donors (Lipinski definition) is 2. The summed E-state index contributed by atoms with van der Waals surface area (Å²) in [6.07, 6.45) is 1.28. The van der Waals surface area contributed by atoms with Crippen molar-refractivity contribution in [3.63, 3.8) is 0 Å². The molecule has 2 N–H and O–H groups in total. The summed E-state index contributed by atoms with van der Waals surface area (Å²) in [5.41, 5.74) is 0. The number of amides is 1. The van der Waals surface area contributed by atoms with Gasteiger partial charge in [-0.05, 0) is 6.42 Å². The van der Waals surface area contributed by atoms with Crippen LogP contribution < -0.4 is 5.32 Å². The van der Waals surface area contributed by atoms with Crippen LogP contribution in [0.5, 0.6) is 0 Å². The lowest BCUT2D eigenvalue weighted by atomic mass is 10.3. The summed E-state index contributed by atoms with van der Waals surface area (Å²) in [6.45, 7) is 2.33. The van der Waals surface area contributed by atoms with Gasteiger partial charge in [-0.15, -0.1) is 0 Å². The molecule has 0 aromatic rings. The quantitative estimate of drug-likeness (QED) is 0.602. The molecule has 5 heteroatoms. The van der Waals surface area contributed by atoms with Gasteiger partial charge >= 0.3 is 6.09 Å². The second-order valence-electron chi connectivity index (χ2n) is 3.19. The Morgan fingerprint density at radius 1 is 1.69 bits per heavy atom. The van der Waals surface area contributed by atoms with Crippen LogP contribution in [-0.2, 0) is 4.79 Å². The summed E-state index contributed by atoms with van der Waals surface area (Å²) in [5, 5.41) is 10.9. The Labute approximate surface area is 76.7 Å². The maximum absolute atomic E-state index is 10.3. The van der Waals surface area contributed by atoms with Crippen molar-refractivity contribution in [1.82, 2.24) is 10.2 Å². The zero-order valence-corrected chi connectivity index (χ0v) is 7.40. The van der Waals surface area contributed by atoms with Crippen molar-refractivity contribution in [2.45, 2.75) is 18.9 Å². The van der Waals surface area contributed by atoms with Crippen LogP contribution in [0.3, 0.4) is 0 Å². The van der Waals surface area contributed by atoms with E-state index in [-0.39, 0.29) is 6.04 Å². The summed E-state index contributed by atoms with van der Waals surface area (Å²) < 4.78 is 0. The molecule has 1 aliphatic rings. The highest BCUT2D eigenvalue weighted by atomic mass is 16.4. The summed E-state index contributed by atoms with van der Waals surface area (Å²) in [7, 11) is 0. The van der Waals surface area contributed by atoms with Gasteiger partial charge in [0.25, 0.3) is 0 Å². The molecule has 0 aromatic carbocycles. The average Bonchev–Trinajstić information content (AvgIpc) is 2.48. The summed E-state index contributed by atoms with van der Waals surface area (Å²) >= 11 is 0. The first kappa shape index (κ1) is 9.98. The molecule has 0 aliphatic carbocycles. The van der Waals surface area contributed by atoms with Crippen LogP contribution in [0.2, 0.25) is 0 Å². The minimum atomic E-state index is -0.970. The van der Waals surface area contributed by atoms with Gasteiger partial charge in [-0.2, -0.15) is 0 Å². The normalized spacial score (nSPS) is 22.9. The first-order valence-electron chi connectivity index (χ1n) is 4.38. The largest absolute Gasteiger partial charge is 0.465 e. The van der Waals surface area contributed by atoms with Crippen molar-refractivity contribution in [3.05, 3.63) is 0 Å². The first-order valence-corrected chi connectivity index (χ1v) is 4.38. The number of carbonyl (C=O) groups is 2. The molecule has 1 amide bonds. The van der Waals surface area contributed by atoms with Gasteiger partial charge < -0.3 is 20.1 Å². The van der Waals surface area contributed by atoms with E-state index in [4.69, 9.17) is 5.11 Å². The highest BCUT2D eigenvalue weighted by Crippen LogP contribution is 2.08. The van der Waals surface area contributed by atoms with Crippen LogP contribution in [0, 0.1) is 0 Å². The second-order valence-corrected chi connectivity index (χ2v) is 3.19. The standard InChI is InChI=1S/C8H14N2O3/c11-5-1-3-10-4-2-7(6-10)9-8(12)13/h5,7,9H,1-4,6H2,(H,12,13)/t7-/m0/s1. The lowest BCUT2D eigenvalue weighted by molar-refractivity contribution is -0.108. The summed E-state index contributed by atoms with van der Waals surface area (Å²) in [4.78, 5) is 22.5. The van der Waals surface area contributed by atoms with Crippen LogP contribution >= 0.6 is 0 Å². The fourth-order valence-corrected chi connectivity index (χ4v) is 1.56. The number of likely N-dealkylation sites (tertiary alicyclic amines) is 1. The monoisotopic (exact) mass is 186 g/mol. The third kappa shape index (κ3) is 3.42. The fraction of sp³-hybridized carbons (Fsp3) is 0.750. The molecule has 5 nitrogen and oxygen atoms in total. The molecule has 0 spiro atoms. The molecule has 1 fully saturated rings. The third-order valence-corrected chi connectivity index (χ3v) is 2.16. The predicted molar refractivity (Wildman–Crippen MR) is 46.7 cm³/mol. The smallest absolute Gasteiger partial charge is 0.404 e. The van der Waals surface area contributed by atoms with E-state index in [9.17, 15) is 9.59 Å². The van der Waals surface area contributed by atoms with Crippen molar-refractivity contribution < 1.29 is 14.7 Å². The van der Waals surface area contributed by atoms with Crippen LogP contribution in [0.1, 0.15) is 12.8 Å². The number of carboxylic acid groups (broad SMARTS) is 1. The highest BCUT2D eigenvalue weighted by molar-refractivity contribution is 5.64. The molecule has 0 saturated carbocycles. The summed E-state index contributed by atoms with van der Waals surface area (Å²) in [6, 6.07) is 0.0316. The minimum Gasteiger partial charge on any atom is -0.465 e. The van der Waals surface area contributed by atoms with Gasteiger partial charge in [0.15, 0.2) is 0 Å². The molecular weight excluding hydrogens is 172 g/mol. The molecule has 74 valence electrons. The topological polar surface area (TPSA) is 69.6 Å². The van der Waals surface area contributed by atoms with Crippen molar-refractivity contribution >= 4 is 12.4 Å². The number of nitrogens with zero attached hydrogens (tertiary/aromatic N) is 1. The van der Waals surface area contributed by atoms with Crippen molar-refractivity contribution in [3.8, 4) is 0 Å². The molecular formula is C8H14N2O3. The van der Waals surface area contributed by atoms with Gasteiger partial charge in [0.1, 0.15) is 6.29 Å². The lowest BCUT2D eigenvalue weighted by Gasteiger charge is -2.13. The Kier molecular flexibility index (Phi) is 3.70. The Morgan fingerprint density at radius 2 is 2.46 bits per heavy atom. The zero-order valence-electron chi connectivity index (χ0n) is 7.40. The Balaban J connectivity index is 2.19. The zero-order chi connectivity index (χ0) is 9.68. The lowest BCUT2D eigenvalue weighted by Crippen LogP contribution is -2.36. The van der Waals surface area contributed by atoms with E-state index in [0.29, 0.717) is 6.42 Å². The van der Waals surface area contributed by atoms with Gasteiger partial charge in [0, 0.05) is 32.1 Å². The van der Waals surface area contributed by atoms with Crippen molar-refractivity contribution in [2.24, 2.45) is 0 Å². The Morgan fingerprint density at radius 3 is 3.08 bits per heavy atom. The van der Waals surface area contributed by atoms with Gasteiger partial charge in [0.2, 0.25) is 0 Å². The molecule has 0 unspecified atom stereocenters. The van der Waals surface area contributed by atoms with E-state index in [2.05, 4.69) is 10.2 Å². The van der Waals surface area contributed by atoms with Gasteiger partial charge in [-0.25, -0.2) is 4.79 Å². The van der Waals surface area contributed by atoms with Crippen LogP contribution in [-0.4, -0.2) is 48.1 Å². The molecule has 1 aliphatic heterocycles. The molecule has 0 bridgehead atoms. The van der Waals surface area contributed by atoms with E-state index in [1.807, 2.05) is 0 Å². The van der Waals surface area contributed by atoms with E-state index < -0.39 is 6.09 Å². The maximum Gasteiger partial charge on any atom is 0.404 e. The summed E-state index contributed by atoms with van der Waals surface area (Å²) in [5.74, 6) is 0. The highest BCUT2D eigenvalue weighted by Gasteiger charge is 2.22. The van der Waals surface area contributed by atoms with Crippen LogP contribution in [0.4, 0.5) is 4.79 Å². The predicted octanol–water partition coefficient (Wildman–Crippen LogP) is -0.0827. The fourth-order valence-electron chi connectivity index (χ4n) is 1.56. The number of hydrogen-bond acceptors (Lipinski definition) is 3. The average molecular weight is 186 g/mol. The molecule has 0 radical (unpaired) electrons. The van der Waals surface area contributed by atoms with Gasteiger partial charge in [-0.1, -0.05) is 0 Å². The molecule has 1 saturated heterocycles. The number of carbonyl (C=O) groups excluding carboxylic acids is 1. The molecule has 0 aromatic heterocycles. The van der Waals surface area contributed by atoms with Gasteiger partial charge in [0.05, 0.1) is 0 Å². The minimum absolute atomic E-state index is 0.0316. The maximum atomic E-state index is 10.3. The van der Waals surface area contributed by atoms with E-state index >= 15 is 0 Å². The number of aldehydes is 1. The van der Waals surface area contributed by atoms with E-state index in [1.54, 1.807) is 0 Å². The van der Waals surface area contributed by atoms with Gasteiger partial charge in [-0.3, -0.25) is 0 Å². The second kappa shape index (κ2) is 4.81. The molecule has 1 rings (SSSR count). The van der Waals surface area contributed by atoms with E-state index in [0.717, 1.165) is 32.3 Å². The Bertz CT molecular complexity index is 196. The molecule has 13 heavy (non-hydrogen) atoms.